The highest BCUT2D eigenvalue weighted by Gasteiger charge is 2.32. The molecule has 1 aliphatic carbocycles. The maximum absolute atomic E-state index is 13.7. The van der Waals surface area contributed by atoms with Crippen LogP contribution in [0.4, 0.5) is 8.78 Å². The molecule has 6 heteroatoms. The highest BCUT2D eigenvalue weighted by atomic mass is 19.1. The van der Waals surface area contributed by atoms with Gasteiger partial charge in [0, 0.05) is 18.8 Å². The molecule has 0 aliphatic heterocycles. The monoisotopic (exact) mass is 378 g/mol. The second-order valence-corrected chi connectivity index (χ2v) is 6.97. The zero-order valence-corrected chi connectivity index (χ0v) is 15.1. The smallest absolute Gasteiger partial charge is 0.303 e. The van der Waals surface area contributed by atoms with Crippen LogP contribution in [-0.4, -0.2) is 22.6 Å². The lowest BCUT2D eigenvalue weighted by molar-refractivity contribution is -0.137. The lowest BCUT2D eigenvalue weighted by atomic mass is 9.89. The van der Waals surface area contributed by atoms with Gasteiger partial charge in [0.25, 0.3) is 0 Å². The molecule has 1 aromatic carbocycles. The fourth-order valence-corrected chi connectivity index (χ4v) is 3.52. The molecule has 1 aliphatic rings. The maximum Gasteiger partial charge on any atom is 0.303 e. The van der Waals surface area contributed by atoms with Crippen molar-refractivity contribution in [3.8, 4) is 0 Å². The van der Waals surface area contributed by atoms with Gasteiger partial charge in [-0.15, -0.1) is 0 Å². The minimum Gasteiger partial charge on any atom is -0.481 e. The molecule has 1 saturated carbocycles. The summed E-state index contributed by atoms with van der Waals surface area (Å²) in [5.74, 6) is -2.93. The Balaban J connectivity index is 1.87. The predicted molar refractivity (Wildman–Crippen MR) is 96.4 cm³/mol. The highest BCUT2D eigenvalue weighted by molar-refractivity contribution is 6.04. The van der Waals surface area contributed by atoms with Crippen LogP contribution < -0.4 is 0 Å². The molecule has 0 aromatic heterocycles. The molecule has 0 bridgehead atoms. The molecule has 2 rings (SSSR count). The van der Waals surface area contributed by atoms with Gasteiger partial charge >= 0.3 is 5.97 Å². The molecular weight excluding hydrogens is 354 g/mol. The highest BCUT2D eigenvalue weighted by Crippen LogP contribution is 2.34. The Labute approximate surface area is 157 Å². The second-order valence-electron chi connectivity index (χ2n) is 6.97. The molecule has 0 heterocycles. The Kier molecular flexibility index (Phi) is 7.82. The molecule has 2 atom stereocenters. The maximum atomic E-state index is 13.7. The number of ketones is 2. The van der Waals surface area contributed by atoms with E-state index in [-0.39, 0.29) is 29.6 Å². The topological polar surface area (TPSA) is 71.4 Å². The zero-order chi connectivity index (χ0) is 19.8. The summed E-state index contributed by atoms with van der Waals surface area (Å²) in [5.41, 5.74) is -0.314. The van der Waals surface area contributed by atoms with E-state index in [0.717, 1.165) is 37.5 Å². The normalized spacial score (nSPS) is 19.7. The van der Waals surface area contributed by atoms with Gasteiger partial charge in [-0.3, -0.25) is 14.4 Å². The number of hydrogen-bond donors (Lipinski definition) is 1. The van der Waals surface area contributed by atoms with Gasteiger partial charge in [-0.25, -0.2) is 8.78 Å². The zero-order valence-electron chi connectivity index (χ0n) is 15.1. The van der Waals surface area contributed by atoms with Crippen molar-refractivity contribution < 1.29 is 28.3 Å². The van der Waals surface area contributed by atoms with E-state index in [2.05, 4.69) is 0 Å². The Morgan fingerprint density at radius 1 is 1.15 bits per heavy atom. The Bertz CT molecular complexity index is 727. The number of carbonyl (C=O) groups excluding carboxylic acids is 2. The second kappa shape index (κ2) is 10.1. The number of carboxylic acids is 1. The van der Waals surface area contributed by atoms with Crippen LogP contribution >= 0.6 is 0 Å². The Morgan fingerprint density at radius 2 is 1.89 bits per heavy atom. The number of allylic oxidation sites excluding steroid dienone is 2. The summed E-state index contributed by atoms with van der Waals surface area (Å²) in [6.07, 6.45) is 7.98. The summed E-state index contributed by atoms with van der Waals surface area (Å²) in [4.78, 5) is 34.7. The molecule has 1 fully saturated rings. The van der Waals surface area contributed by atoms with Crippen molar-refractivity contribution >= 4 is 17.5 Å². The van der Waals surface area contributed by atoms with Crippen molar-refractivity contribution in [1.82, 2.24) is 0 Å². The first-order valence-electron chi connectivity index (χ1n) is 9.30. The van der Waals surface area contributed by atoms with Crippen LogP contribution in [0.15, 0.2) is 30.4 Å². The van der Waals surface area contributed by atoms with Crippen LogP contribution in [0, 0.1) is 23.5 Å². The summed E-state index contributed by atoms with van der Waals surface area (Å²) in [5, 5.41) is 8.61. The molecule has 0 saturated heterocycles. The SMILES string of the molecule is O=C(O)CCCCCC[C@@H]1C(=O)CC[C@H]1C=CC(=O)c1cc(F)ccc1F. The number of aliphatic carboxylic acids is 1. The third-order valence-corrected chi connectivity index (χ3v) is 5.00. The van der Waals surface area contributed by atoms with Crippen LogP contribution in [0.2, 0.25) is 0 Å². The quantitative estimate of drug-likeness (QED) is 0.363. The largest absolute Gasteiger partial charge is 0.481 e. The minimum absolute atomic E-state index is 0.0721. The lowest BCUT2D eigenvalue weighted by Gasteiger charge is -2.14. The summed E-state index contributed by atoms with van der Waals surface area (Å²) in [6.45, 7) is 0. The van der Waals surface area contributed by atoms with E-state index in [1.54, 1.807) is 6.08 Å². The van der Waals surface area contributed by atoms with Crippen LogP contribution in [-0.2, 0) is 9.59 Å². The molecule has 146 valence electrons. The van der Waals surface area contributed by atoms with Gasteiger partial charge in [0.05, 0.1) is 5.56 Å². The van der Waals surface area contributed by atoms with E-state index in [1.807, 2.05) is 0 Å². The van der Waals surface area contributed by atoms with Crippen LogP contribution in [0.25, 0.3) is 0 Å². The molecule has 0 unspecified atom stereocenters. The van der Waals surface area contributed by atoms with Gasteiger partial charge in [0.1, 0.15) is 17.4 Å². The number of hydrogen-bond acceptors (Lipinski definition) is 3. The Hall–Kier alpha value is -2.37. The van der Waals surface area contributed by atoms with Crippen LogP contribution in [0.3, 0.4) is 0 Å². The minimum atomic E-state index is -0.800. The van der Waals surface area contributed by atoms with Crippen molar-refractivity contribution in [1.29, 1.82) is 0 Å². The van der Waals surface area contributed by atoms with Crippen molar-refractivity contribution in [2.45, 2.75) is 51.4 Å². The standard InChI is InChI=1S/C21H24F2O4/c22-15-9-10-18(23)17(13-15)20(25)12-8-14-7-11-19(24)16(14)5-3-1-2-4-6-21(26)27/h8-10,12-14,16H,1-7,11H2,(H,26,27)/t14-,16-/m0/s1. The average Bonchev–Trinajstić information content (AvgIpc) is 2.97. The molecule has 1 N–H and O–H groups in total. The lowest BCUT2D eigenvalue weighted by Crippen LogP contribution is -2.13. The molecule has 0 radical (unpaired) electrons. The van der Waals surface area contributed by atoms with E-state index in [1.165, 1.54) is 6.08 Å². The van der Waals surface area contributed by atoms with Gasteiger partial charge in [0.2, 0.25) is 0 Å². The molecule has 0 spiro atoms. The van der Waals surface area contributed by atoms with Gasteiger partial charge in [-0.2, -0.15) is 0 Å². The average molecular weight is 378 g/mol. The number of benzene rings is 1. The van der Waals surface area contributed by atoms with Crippen molar-refractivity contribution in [2.75, 3.05) is 0 Å². The number of unbranched alkanes of at least 4 members (excludes halogenated alkanes) is 3. The molecule has 0 amide bonds. The van der Waals surface area contributed by atoms with E-state index < -0.39 is 23.4 Å². The first-order chi connectivity index (χ1) is 12.9. The molecule has 1 aromatic rings. The number of carboxylic acid groups (broad SMARTS) is 1. The number of carbonyl (C=O) groups is 3. The first kappa shape index (κ1) is 20.9. The predicted octanol–water partition coefficient (Wildman–Crippen LogP) is 4.72. The number of halogens is 2. The molecular formula is C21H24F2O4. The van der Waals surface area contributed by atoms with E-state index >= 15 is 0 Å². The van der Waals surface area contributed by atoms with Crippen molar-refractivity contribution in [3.63, 3.8) is 0 Å². The van der Waals surface area contributed by atoms with Gasteiger partial charge in [0.15, 0.2) is 5.78 Å². The van der Waals surface area contributed by atoms with Gasteiger partial charge < -0.3 is 5.11 Å². The summed E-state index contributed by atoms with van der Waals surface area (Å²) in [6, 6.07) is 2.75. The molecule has 4 nitrogen and oxygen atoms in total. The van der Waals surface area contributed by atoms with Gasteiger partial charge in [-0.1, -0.05) is 25.3 Å². The van der Waals surface area contributed by atoms with Gasteiger partial charge in [-0.05, 0) is 49.5 Å². The summed E-state index contributed by atoms with van der Waals surface area (Å²) < 4.78 is 26.9. The van der Waals surface area contributed by atoms with Crippen molar-refractivity contribution in [2.24, 2.45) is 11.8 Å². The third kappa shape index (κ3) is 6.38. The van der Waals surface area contributed by atoms with Crippen LogP contribution in [0.1, 0.15) is 61.7 Å². The van der Waals surface area contributed by atoms with Crippen LogP contribution in [0.5, 0.6) is 0 Å². The fourth-order valence-electron chi connectivity index (χ4n) is 3.52. The Morgan fingerprint density at radius 3 is 2.63 bits per heavy atom. The number of rotatable bonds is 10. The first-order valence-corrected chi connectivity index (χ1v) is 9.30. The summed E-state index contributed by atoms with van der Waals surface area (Å²) >= 11 is 0. The fraction of sp³-hybridized carbons (Fsp3) is 0.476. The van der Waals surface area contributed by atoms with E-state index in [0.29, 0.717) is 25.7 Å². The third-order valence-electron chi connectivity index (χ3n) is 5.00. The van der Waals surface area contributed by atoms with E-state index in [9.17, 15) is 23.2 Å². The number of Topliss-reactive ketones (excluding diaryl/α,β-unsaturated/α-hetero) is 1. The van der Waals surface area contributed by atoms with Crippen molar-refractivity contribution in [3.05, 3.63) is 47.5 Å². The van der Waals surface area contributed by atoms with E-state index in [4.69, 9.17) is 5.11 Å². The molecule has 27 heavy (non-hydrogen) atoms. The summed E-state index contributed by atoms with van der Waals surface area (Å²) in [7, 11) is 0.